The summed E-state index contributed by atoms with van der Waals surface area (Å²) in [5.41, 5.74) is 0.695. The molecule has 5 rings (SSSR count). The zero-order valence-electron chi connectivity index (χ0n) is 20.4. The molecule has 0 spiro atoms. The Labute approximate surface area is 198 Å². The van der Waals surface area contributed by atoms with Gasteiger partial charge in [0.25, 0.3) is 5.91 Å². The van der Waals surface area contributed by atoms with Crippen molar-refractivity contribution in [3.8, 4) is 6.07 Å². The highest BCUT2D eigenvalue weighted by Crippen LogP contribution is 2.65. The summed E-state index contributed by atoms with van der Waals surface area (Å²) in [7, 11) is 0. The molecule has 2 N–H and O–H groups in total. The van der Waals surface area contributed by atoms with Crippen LogP contribution in [0.1, 0.15) is 94.6 Å². The van der Waals surface area contributed by atoms with Crippen molar-refractivity contribution in [2.24, 2.45) is 40.9 Å². The van der Waals surface area contributed by atoms with Gasteiger partial charge in [-0.15, -0.1) is 0 Å². The van der Waals surface area contributed by atoms with Gasteiger partial charge in [0, 0.05) is 12.2 Å². The van der Waals surface area contributed by atoms with E-state index in [-0.39, 0.29) is 11.9 Å². The van der Waals surface area contributed by atoms with Crippen molar-refractivity contribution in [3.63, 3.8) is 0 Å². The first-order valence-corrected chi connectivity index (χ1v) is 13.1. The summed E-state index contributed by atoms with van der Waals surface area (Å²) in [5.74, 6) is 4.31. The lowest BCUT2D eigenvalue weighted by atomic mass is 9.49. The van der Waals surface area contributed by atoms with Crippen LogP contribution in [-0.2, 0) is 0 Å². The fourth-order valence-electron chi connectivity index (χ4n) is 8.92. The van der Waals surface area contributed by atoms with Crippen LogP contribution < -0.4 is 5.32 Å². The monoisotopic (exact) mass is 449 g/mol. The van der Waals surface area contributed by atoms with E-state index in [1.54, 1.807) is 12.1 Å². The van der Waals surface area contributed by atoms with Crippen LogP contribution in [0.15, 0.2) is 18.3 Å². The molecule has 5 nitrogen and oxygen atoms in total. The molecule has 1 aromatic heterocycles. The number of pyridine rings is 1. The highest BCUT2D eigenvalue weighted by molar-refractivity contribution is 5.92. The predicted octanol–water partition coefficient (Wildman–Crippen LogP) is 5.09. The Morgan fingerprint density at radius 3 is 2.64 bits per heavy atom. The molecule has 0 radical (unpaired) electrons. The van der Waals surface area contributed by atoms with Gasteiger partial charge in [0.1, 0.15) is 11.8 Å². The van der Waals surface area contributed by atoms with Gasteiger partial charge in [0.05, 0.1) is 11.2 Å². The van der Waals surface area contributed by atoms with E-state index < -0.39 is 5.60 Å². The standard InChI is InChI=1S/C28H39N3O2/c1-17(31-26(32)25-9-4-18(15-29)16-30-25)23-7-8-24-22-6-5-19-14-27(2,33)12-10-20(19)21(22)11-13-28(23,24)3/h4,9,16-17,19-24,33H,5-8,10-14H2,1-3H3,(H,31,32)/t17-,19+,20-,21+,22+,23+,24-,27+,28+/m0/s1. The number of carbonyl (C=O) groups is 1. The van der Waals surface area contributed by atoms with Crippen molar-refractivity contribution in [1.82, 2.24) is 10.3 Å². The van der Waals surface area contributed by atoms with Gasteiger partial charge in [-0.2, -0.15) is 5.26 Å². The van der Waals surface area contributed by atoms with Crippen LogP contribution in [0, 0.1) is 52.3 Å². The summed E-state index contributed by atoms with van der Waals surface area (Å²) in [6, 6.07) is 5.46. The van der Waals surface area contributed by atoms with E-state index in [9.17, 15) is 9.90 Å². The molecule has 1 amide bonds. The second-order valence-corrected chi connectivity index (χ2v) is 12.2. The fourth-order valence-corrected chi connectivity index (χ4v) is 8.92. The van der Waals surface area contributed by atoms with E-state index in [1.807, 2.05) is 6.92 Å². The molecule has 4 saturated carbocycles. The van der Waals surface area contributed by atoms with Gasteiger partial charge in [0.2, 0.25) is 0 Å². The highest BCUT2D eigenvalue weighted by Gasteiger charge is 2.58. The van der Waals surface area contributed by atoms with Crippen LogP contribution >= 0.6 is 0 Å². The Kier molecular flexibility index (Phi) is 5.80. The summed E-state index contributed by atoms with van der Waals surface area (Å²) >= 11 is 0. The number of amides is 1. The topological polar surface area (TPSA) is 86.0 Å². The van der Waals surface area contributed by atoms with Crippen LogP contribution in [0.5, 0.6) is 0 Å². The molecule has 178 valence electrons. The minimum Gasteiger partial charge on any atom is -0.390 e. The van der Waals surface area contributed by atoms with Gasteiger partial charge < -0.3 is 10.4 Å². The minimum atomic E-state index is -0.451. The van der Waals surface area contributed by atoms with E-state index in [0.717, 1.165) is 42.4 Å². The van der Waals surface area contributed by atoms with E-state index in [2.05, 4.69) is 30.2 Å². The Morgan fingerprint density at radius 2 is 1.91 bits per heavy atom. The van der Waals surface area contributed by atoms with Crippen molar-refractivity contribution in [3.05, 3.63) is 29.6 Å². The van der Waals surface area contributed by atoms with Crippen molar-refractivity contribution in [2.75, 3.05) is 0 Å². The number of nitrogens with zero attached hydrogens (tertiary/aromatic N) is 2. The van der Waals surface area contributed by atoms with Crippen LogP contribution in [0.25, 0.3) is 0 Å². The normalized spacial score (nSPS) is 42.9. The number of carbonyl (C=O) groups excluding carboxylic acids is 1. The molecule has 4 aliphatic rings. The third kappa shape index (κ3) is 3.99. The largest absolute Gasteiger partial charge is 0.390 e. The Bertz CT molecular complexity index is 935. The SMILES string of the molecule is C[C@H](NC(=O)c1ccc(C#N)cn1)[C@H]1CC[C@H]2[C@@H]3CC[C@@H]4C[C@](C)(O)CC[C@@H]4[C@H]3CC[C@]12C. The van der Waals surface area contributed by atoms with Gasteiger partial charge in [-0.1, -0.05) is 6.92 Å². The number of aliphatic hydroxyl groups is 1. The van der Waals surface area contributed by atoms with E-state index >= 15 is 0 Å². The van der Waals surface area contributed by atoms with Crippen LogP contribution in [-0.4, -0.2) is 27.6 Å². The van der Waals surface area contributed by atoms with Gasteiger partial charge in [-0.05, 0) is 125 Å². The zero-order valence-corrected chi connectivity index (χ0v) is 20.4. The second kappa shape index (κ2) is 8.38. The third-order valence-corrected chi connectivity index (χ3v) is 10.4. The fraction of sp³-hybridized carbons (Fsp3) is 0.750. The number of hydrogen-bond acceptors (Lipinski definition) is 4. The molecule has 0 aromatic carbocycles. The molecule has 9 atom stereocenters. The molecule has 1 heterocycles. The number of hydrogen-bond donors (Lipinski definition) is 2. The maximum absolute atomic E-state index is 12.8. The average Bonchev–Trinajstić information content (AvgIpc) is 3.15. The van der Waals surface area contributed by atoms with Crippen molar-refractivity contribution >= 4 is 5.91 Å². The Hall–Kier alpha value is -1.93. The van der Waals surface area contributed by atoms with Gasteiger partial charge in [0.15, 0.2) is 0 Å². The quantitative estimate of drug-likeness (QED) is 0.673. The lowest BCUT2D eigenvalue weighted by Gasteiger charge is -2.57. The molecule has 4 aliphatic carbocycles. The maximum atomic E-state index is 12.8. The summed E-state index contributed by atoms with van der Waals surface area (Å²) in [6.07, 6.45) is 12.3. The molecule has 33 heavy (non-hydrogen) atoms. The predicted molar refractivity (Wildman–Crippen MR) is 127 cm³/mol. The van der Waals surface area contributed by atoms with Crippen LogP contribution in [0.2, 0.25) is 0 Å². The molecule has 4 fully saturated rings. The summed E-state index contributed by atoms with van der Waals surface area (Å²) < 4.78 is 0. The maximum Gasteiger partial charge on any atom is 0.270 e. The van der Waals surface area contributed by atoms with Crippen LogP contribution in [0.3, 0.4) is 0 Å². The number of nitriles is 1. The average molecular weight is 450 g/mol. The van der Waals surface area contributed by atoms with Gasteiger partial charge in [-0.25, -0.2) is 4.98 Å². The summed E-state index contributed by atoms with van der Waals surface area (Å²) in [5, 5.41) is 22.8. The molecular formula is C28H39N3O2. The Morgan fingerprint density at radius 1 is 1.12 bits per heavy atom. The van der Waals surface area contributed by atoms with E-state index in [4.69, 9.17) is 5.26 Å². The Balaban J connectivity index is 1.27. The molecule has 0 aliphatic heterocycles. The highest BCUT2D eigenvalue weighted by atomic mass is 16.3. The number of aromatic nitrogens is 1. The lowest BCUT2D eigenvalue weighted by molar-refractivity contribution is -0.101. The van der Waals surface area contributed by atoms with Crippen molar-refractivity contribution in [2.45, 2.75) is 90.2 Å². The van der Waals surface area contributed by atoms with E-state index in [0.29, 0.717) is 22.6 Å². The molecule has 0 unspecified atom stereocenters. The van der Waals surface area contributed by atoms with Crippen LogP contribution in [0.4, 0.5) is 0 Å². The smallest absolute Gasteiger partial charge is 0.270 e. The van der Waals surface area contributed by atoms with Crippen molar-refractivity contribution in [1.29, 1.82) is 5.26 Å². The number of fused-ring (bicyclic) bond motifs is 5. The summed E-state index contributed by atoms with van der Waals surface area (Å²) in [6.45, 7) is 6.72. The third-order valence-electron chi connectivity index (χ3n) is 10.4. The lowest BCUT2D eigenvalue weighted by Crippen LogP contribution is -2.52. The van der Waals surface area contributed by atoms with Gasteiger partial charge >= 0.3 is 0 Å². The zero-order chi connectivity index (χ0) is 23.4. The molecule has 0 saturated heterocycles. The van der Waals surface area contributed by atoms with Gasteiger partial charge in [-0.3, -0.25) is 4.79 Å². The van der Waals surface area contributed by atoms with Crippen molar-refractivity contribution < 1.29 is 9.90 Å². The molecular weight excluding hydrogens is 410 g/mol. The summed E-state index contributed by atoms with van der Waals surface area (Å²) in [4.78, 5) is 17.0. The first kappa shape index (κ1) is 22.8. The second-order valence-electron chi connectivity index (χ2n) is 12.2. The molecule has 5 heteroatoms. The van der Waals surface area contributed by atoms with E-state index in [1.165, 1.54) is 51.1 Å². The first-order valence-electron chi connectivity index (χ1n) is 13.1. The number of nitrogens with one attached hydrogen (secondary N) is 1. The molecule has 0 bridgehead atoms. The number of rotatable bonds is 3. The first-order chi connectivity index (χ1) is 15.7. The molecule has 1 aromatic rings. The minimum absolute atomic E-state index is 0.114.